The van der Waals surface area contributed by atoms with Crippen LogP contribution in [0.3, 0.4) is 0 Å². The molecule has 0 radical (unpaired) electrons. The van der Waals surface area contributed by atoms with Crippen molar-refractivity contribution in [1.82, 2.24) is 0 Å². The molecule has 94 valence electrons. The van der Waals surface area contributed by atoms with Gasteiger partial charge < -0.3 is 10.4 Å². The van der Waals surface area contributed by atoms with Gasteiger partial charge in [-0.2, -0.15) is 11.8 Å². The minimum Gasteiger partial charge on any atom is -0.384 e. The molecular weight excluding hydrogens is 246 g/mol. The van der Waals surface area contributed by atoms with Crippen molar-refractivity contribution in [2.75, 3.05) is 23.4 Å². The number of rotatable bonds is 2. The van der Waals surface area contributed by atoms with Gasteiger partial charge in [0.1, 0.15) is 6.61 Å². The van der Waals surface area contributed by atoms with Gasteiger partial charge in [0.25, 0.3) is 0 Å². The Bertz CT molecular complexity index is 467. The van der Waals surface area contributed by atoms with E-state index in [0.717, 1.165) is 29.2 Å². The topological polar surface area (TPSA) is 49.3 Å². The minimum atomic E-state index is -0.141. The average Bonchev–Trinajstić information content (AvgIpc) is 2.92. The third kappa shape index (κ3) is 3.52. The van der Waals surface area contributed by atoms with E-state index >= 15 is 0 Å². The van der Waals surface area contributed by atoms with Gasteiger partial charge in [-0.15, -0.1) is 0 Å². The molecule has 1 unspecified atom stereocenters. The van der Waals surface area contributed by atoms with Gasteiger partial charge in [-0.3, -0.25) is 4.79 Å². The van der Waals surface area contributed by atoms with Crippen LogP contribution in [0, 0.1) is 17.8 Å². The first-order chi connectivity index (χ1) is 8.79. The molecule has 1 saturated heterocycles. The van der Waals surface area contributed by atoms with Gasteiger partial charge in [-0.25, -0.2) is 0 Å². The van der Waals surface area contributed by atoms with E-state index in [1.165, 1.54) is 0 Å². The zero-order valence-corrected chi connectivity index (χ0v) is 10.8. The molecule has 0 spiro atoms. The van der Waals surface area contributed by atoms with Crippen LogP contribution < -0.4 is 5.32 Å². The summed E-state index contributed by atoms with van der Waals surface area (Å²) in [6.45, 7) is -0.141. The van der Waals surface area contributed by atoms with E-state index < -0.39 is 0 Å². The Balaban J connectivity index is 1.95. The first-order valence-electron chi connectivity index (χ1n) is 5.88. The highest BCUT2D eigenvalue weighted by Gasteiger charge is 2.22. The molecule has 1 amide bonds. The van der Waals surface area contributed by atoms with Crippen LogP contribution in [-0.2, 0) is 4.79 Å². The molecule has 0 saturated carbocycles. The smallest absolute Gasteiger partial charge is 0.228 e. The maximum atomic E-state index is 11.9. The standard InChI is InChI=1S/C14H15NO2S/c16-8-1-2-11-3-5-13(6-4-11)15-14(17)12-7-9-18-10-12/h3-6,12,16H,7-10H2,(H,15,17). The number of amides is 1. The van der Waals surface area contributed by atoms with Crippen LogP contribution in [-0.4, -0.2) is 29.1 Å². The molecule has 1 aromatic carbocycles. The van der Waals surface area contributed by atoms with Crippen LogP contribution in [0.15, 0.2) is 24.3 Å². The van der Waals surface area contributed by atoms with Crippen molar-refractivity contribution >= 4 is 23.4 Å². The molecular formula is C14H15NO2S. The van der Waals surface area contributed by atoms with Crippen molar-refractivity contribution in [3.05, 3.63) is 29.8 Å². The Labute approximate surface area is 111 Å². The molecule has 0 aliphatic carbocycles. The van der Waals surface area contributed by atoms with Crippen molar-refractivity contribution in [3.63, 3.8) is 0 Å². The van der Waals surface area contributed by atoms with Crippen LogP contribution in [0.2, 0.25) is 0 Å². The minimum absolute atomic E-state index is 0.106. The fraction of sp³-hybridized carbons (Fsp3) is 0.357. The molecule has 1 aliphatic heterocycles. The first kappa shape index (κ1) is 13.0. The van der Waals surface area contributed by atoms with Crippen LogP contribution >= 0.6 is 11.8 Å². The number of anilines is 1. The Morgan fingerprint density at radius 1 is 1.44 bits per heavy atom. The largest absolute Gasteiger partial charge is 0.384 e. The molecule has 18 heavy (non-hydrogen) atoms. The summed E-state index contributed by atoms with van der Waals surface area (Å²) in [4.78, 5) is 11.9. The zero-order chi connectivity index (χ0) is 12.8. The predicted octanol–water partition coefficient (Wildman–Crippen LogP) is 1.72. The highest BCUT2D eigenvalue weighted by atomic mass is 32.2. The van der Waals surface area contributed by atoms with Gasteiger partial charge in [0, 0.05) is 22.9 Å². The first-order valence-corrected chi connectivity index (χ1v) is 7.03. The average molecular weight is 261 g/mol. The molecule has 1 aliphatic rings. The summed E-state index contributed by atoms with van der Waals surface area (Å²) in [5.41, 5.74) is 1.63. The second kappa shape index (κ2) is 6.48. The molecule has 3 nitrogen and oxygen atoms in total. The van der Waals surface area contributed by atoms with Gasteiger partial charge in [-0.1, -0.05) is 11.8 Å². The highest BCUT2D eigenvalue weighted by Crippen LogP contribution is 2.24. The molecule has 1 fully saturated rings. The molecule has 0 aromatic heterocycles. The van der Waals surface area contributed by atoms with Crippen molar-refractivity contribution in [2.45, 2.75) is 6.42 Å². The van der Waals surface area contributed by atoms with Gasteiger partial charge >= 0.3 is 0 Å². The summed E-state index contributed by atoms with van der Waals surface area (Å²) in [5, 5.41) is 11.5. The van der Waals surface area contributed by atoms with Gasteiger partial charge in [0.15, 0.2) is 0 Å². The summed E-state index contributed by atoms with van der Waals surface area (Å²) in [6, 6.07) is 7.34. The Morgan fingerprint density at radius 3 is 2.83 bits per heavy atom. The number of nitrogens with one attached hydrogen (secondary N) is 1. The molecule has 1 atom stereocenters. The van der Waals surface area contributed by atoms with Crippen LogP contribution in [0.25, 0.3) is 0 Å². The van der Waals surface area contributed by atoms with Crippen LogP contribution in [0.5, 0.6) is 0 Å². The SMILES string of the molecule is O=C(Nc1ccc(C#CCO)cc1)C1CCSC1. The highest BCUT2D eigenvalue weighted by molar-refractivity contribution is 7.99. The van der Waals surface area contributed by atoms with Gasteiger partial charge in [-0.05, 0) is 36.4 Å². The van der Waals surface area contributed by atoms with Crippen molar-refractivity contribution in [1.29, 1.82) is 0 Å². The van der Waals surface area contributed by atoms with E-state index in [1.807, 2.05) is 36.0 Å². The van der Waals surface area contributed by atoms with Crippen LogP contribution in [0.1, 0.15) is 12.0 Å². The fourth-order valence-electron chi connectivity index (χ4n) is 1.76. The summed E-state index contributed by atoms with van der Waals surface area (Å²) in [6.07, 6.45) is 0.969. The number of hydrogen-bond donors (Lipinski definition) is 2. The summed E-state index contributed by atoms with van der Waals surface area (Å²) in [5.74, 6) is 7.65. The molecule has 2 rings (SSSR count). The molecule has 4 heteroatoms. The van der Waals surface area contributed by atoms with Gasteiger partial charge in [0.2, 0.25) is 5.91 Å². The number of hydrogen-bond acceptors (Lipinski definition) is 3. The monoisotopic (exact) mass is 261 g/mol. The van der Waals surface area contributed by atoms with Crippen molar-refractivity contribution in [3.8, 4) is 11.8 Å². The van der Waals surface area contributed by atoms with E-state index in [-0.39, 0.29) is 18.4 Å². The molecule has 1 aromatic rings. The fourth-order valence-corrected chi connectivity index (χ4v) is 2.98. The van der Waals surface area contributed by atoms with Gasteiger partial charge in [0.05, 0.1) is 0 Å². The number of thioether (sulfide) groups is 1. The van der Waals surface area contributed by atoms with Crippen molar-refractivity contribution in [2.24, 2.45) is 5.92 Å². The normalized spacial score (nSPS) is 17.9. The molecule has 0 bridgehead atoms. The zero-order valence-electron chi connectivity index (χ0n) is 9.98. The van der Waals surface area contributed by atoms with E-state index in [2.05, 4.69) is 17.2 Å². The van der Waals surface area contributed by atoms with Crippen molar-refractivity contribution < 1.29 is 9.90 Å². The number of aliphatic hydroxyl groups excluding tert-OH is 1. The lowest BCUT2D eigenvalue weighted by molar-refractivity contribution is -0.119. The Kier molecular flexibility index (Phi) is 4.68. The number of aliphatic hydroxyl groups is 1. The second-order valence-corrected chi connectivity index (χ2v) is 5.24. The lowest BCUT2D eigenvalue weighted by atomic mass is 10.1. The number of carbonyl (C=O) groups excluding carboxylic acids is 1. The quantitative estimate of drug-likeness (QED) is 0.797. The lowest BCUT2D eigenvalue weighted by Crippen LogP contribution is -2.22. The lowest BCUT2D eigenvalue weighted by Gasteiger charge is -2.09. The Morgan fingerprint density at radius 2 is 2.22 bits per heavy atom. The second-order valence-electron chi connectivity index (χ2n) is 4.09. The van der Waals surface area contributed by atoms with E-state index in [4.69, 9.17) is 5.11 Å². The molecule has 1 heterocycles. The Hall–Kier alpha value is -1.44. The summed E-state index contributed by atoms with van der Waals surface area (Å²) >= 11 is 1.83. The van der Waals surface area contributed by atoms with Crippen LogP contribution in [0.4, 0.5) is 5.69 Å². The van der Waals surface area contributed by atoms with E-state index in [0.29, 0.717) is 0 Å². The predicted molar refractivity (Wildman–Crippen MR) is 74.5 cm³/mol. The summed E-state index contributed by atoms with van der Waals surface area (Å²) < 4.78 is 0. The maximum Gasteiger partial charge on any atom is 0.228 e. The summed E-state index contributed by atoms with van der Waals surface area (Å²) in [7, 11) is 0. The molecule has 2 N–H and O–H groups in total. The van der Waals surface area contributed by atoms with E-state index in [1.54, 1.807) is 0 Å². The third-order valence-electron chi connectivity index (χ3n) is 2.76. The number of carbonyl (C=O) groups is 1. The maximum absolute atomic E-state index is 11.9. The van der Waals surface area contributed by atoms with E-state index in [9.17, 15) is 4.79 Å². The number of benzene rings is 1. The third-order valence-corrected chi connectivity index (χ3v) is 3.93.